The average Bonchev–Trinajstić information content (AvgIpc) is 2.52. The van der Waals surface area contributed by atoms with Crippen LogP contribution >= 0.6 is 0 Å². The Hall–Kier alpha value is -2.02. The van der Waals surface area contributed by atoms with E-state index in [4.69, 9.17) is 4.74 Å². The zero-order valence-corrected chi connectivity index (χ0v) is 12.6. The van der Waals surface area contributed by atoms with Crippen molar-refractivity contribution in [2.24, 2.45) is 0 Å². The number of rotatable bonds is 4. The van der Waals surface area contributed by atoms with Crippen molar-refractivity contribution in [3.05, 3.63) is 48.0 Å². The molecule has 1 N–H and O–H groups in total. The van der Waals surface area contributed by atoms with Gasteiger partial charge in [0.05, 0.1) is 18.3 Å². The molecule has 1 aromatic carbocycles. The SMILES string of the molecule is C=CCNC(=O)N1CCO[C@H](Cc2cccc(C(F)(F)F)c2)C1. The normalized spacial score (nSPS) is 18.6. The maximum atomic E-state index is 12.7. The van der Waals surface area contributed by atoms with Crippen LogP contribution in [0.3, 0.4) is 0 Å². The van der Waals surface area contributed by atoms with Crippen molar-refractivity contribution in [1.82, 2.24) is 10.2 Å². The van der Waals surface area contributed by atoms with Gasteiger partial charge in [-0.25, -0.2) is 4.79 Å². The van der Waals surface area contributed by atoms with Gasteiger partial charge in [-0.3, -0.25) is 0 Å². The number of nitrogens with one attached hydrogen (secondary N) is 1. The average molecular weight is 328 g/mol. The van der Waals surface area contributed by atoms with E-state index in [0.29, 0.717) is 38.2 Å². The van der Waals surface area contributed by atoms with Crippen molar-refractivity contribution in [2.45, 2.75) is 18.7 Å². The lowest BCUT2D eigenvalue weighted by atomic mass is 10.0. The van der Waals surface area contributed by atoms with Gasteiger partial charge < -0.3 is 15.0 Å². The third-order valence-electron chi connectivity index (χ3n) is 3.54. The second kappa shape index (κ2) is 7.50. The summed E-state index contributed by atoms with van der Waals surface area (Å²) in [6.45, 7) is 5.07. The van der Waals surface area contributed by atoms with E-state index in [1.54, 1.807) is 17.0 Å². The summed E-state index contributed by atoms with van der Waals surface area (Å²) in [6.07, 6.45) is -2.77. The number of hydrogen-bond acceptors (Lipinski definition) is 2. The Labute approximate surface area is 132 Å². The molecule has 126 valence electrons. The van der Waals surface area contributed by atoms with Crippen LogP contribution in [-0.4, -0.2) is 43.3 Å². The van der Waals surface area contributed by atoms with E-state index >= 15 is 0 Å². The first kappa shape index (κ1) is 17.3. The maximum Gasteiger partial charge on any atom is 0.416 e. The number of hydrogen-bond donors (Lipinski definition) is 1. The predicted molar refractivity (Wildman–Crippen MR) is 80.1 cm³/mol. The molecule has 2 rings (SSSR count). The fraction of sp³-hybridized carbons (Fsp3) is 0.438. The van der Waals surface area contributed by atoms with Crippen LogP contribution < -0.4 is 5.32 Å². The van der Waals surface area contributed by atoms with E-state index in [2.05, 4.69) is 11.9 Å². The summed E-state index contributed by atoms with van der Waals surface area (Å²) < 4.78 is 43.8. The molecule has 0 aromatic heterocycles. The Morgan fingerprint density at radius 1 is 1.48 bits per heavy atom. The Balaban J connectivity index is 1.97. The number of carbonyl (C=O) groups is 1. The molecule has 1 aliphatic heterocycles. The Kier molecular flexibility index (Phi) is 5.65. The molecule has 0 saturated carbocycles. The summed E-state index contributed by atoms with van der Waals surface area (Å²) in [6, 6.07) is 4.97. The van der Waals surface area contributed by atoms with Crippen LogP contribution in [0.2, 0.25) is 0 Å². The highest BCUT2D eigenvalue weighted by Crippen LogP contribution is 2.30. The molecule has 0 unspecified atom stereocenters. The van der Waals surface area contributed by atoms with E-state index in [1.807, 2.05) is 0 Å². The topological polar surface area (TPSA) is 41.6 Å². The van der Waals surface area contributed by atoms with Gasteiger partial charge in [-0.1, -0.05) is 24.3 Å². The third-order valence-corrected chi connectivity index (χ3v) is 3.54. The lowest BCUT2D eigenvalue weighted by Crippen LogP contribution is -2.50. The third kappa shape index (κ3) is 4.99. The lowest BCUT2D eigenvalue weighted by molar-refractivity contribution is -0.137. The molecule has 23 heavy (non-hydrogen) atoms. The molecule has 4 nitrogen and oxygen atoms in total. The molecular formula is C16H19F3N2O2. The highest BCUT2D eigenvalue weighted by molar-refractivity contribution is 5.74. The van der Waals surface area contributed by atoms with E-state index in [-0.39, 0.29) is 12.1 Å². The minimum absolute atomic E-state index is 0.220. The second-order valence-corrected chi connectivity index (χ2v) is 5.32. The van der Waals surface area contributed by atoms with E-state index in [1.165, 1.54) is 6.07 Å². The molecule has 2 amide bonds. The summed E-state index contributed by atoms with van der Waals surface area (Å²) >= 11 is 0. The smallest absolute Gasteiger partial charge is 0.374 e. The van der Waals surface area contributed by atoms with Crippen LogP contribution in [0.4, 0.5) is 18.0 Å². The fourth-order valence-corrected chi connectivity index (χ4v) is 2.44. The fourth-order valence-electron chi connectivity index (χ4n) is 2.44. The molecule has 1 aromatic rings. The highest BCUT2D eigenvalue weighted by Gasteiger charge is 2.31. The molecule has 7 heteroatoms. The maximum absolute atomic E-state index is 12.7. The van der Waals surface area contributed by atoms with Crippen LogP contribution in [0, 0.1) is 0 Å². The first-order valence-corrected chi connectivity index (χ1v) is 7.31. The number of halogens is 3. The van der Waals surface area contributed by atoms with Crippen molar-refractivity contribution in [1.29, 1.82) is 0 Å². The minimum atomic E-state index is -4.36. The second-order valence-electron chi connectivity index (χ2n) is 5.32. The van der Waals surface area contributed by atoms with E-state index in [9.17, 15) is 18.0 Å². The molecule has 0 aliphatic carbocycles. The van der Waals surface area contributed by atoms with Crippen molar-refractivity contribution in [3.8, 4) is 0 Å². The summed E-state index contributed by atoms with van der Waals surface area (Å²) in [4.78, 5) is 13.5. The van der Waals surface area contributed by atoms with Crippen molar-refractivity contribution in [2.75, 3.05) is 26.2 Å². The summed E-state index contributed by atoms with van der Waals surface area (Å²) in [5.41, 5.74) is -0.135. The summed E-state index contributed by atoms with van der Waals surface area (Å²) in [5.74, 6) is 0. The number of nitrogens with zero attached hydrogens (tertiary/aromatic N) is 1. The number of carbonyl (C=O) groups excluding carboxylic acids is 1. The molecule has 1 saturated heterocycles. The molecule has 0 radical (unpaired) electrons. The predicted octanol–water partition coefficient (Wildman–Crippen LogP) is 2.84. The van der Waals surface area contributed by atoms with Gasteiger partial charge in [-0.15, -0.1) is 6.58 Å². The van der Waals surface area contributed by atoms with Gasteiger partial charge >= 0.3 is 12.2 Å². The number of benzene rings is 1. The Morgan fingerprint density at radius 3 is 2.96 bits per heavy atom. The van der Waals surface area contributed by atoms with Gasteiger partial charge in [-0.2, -0.15) is 13.2 Å². The van der Waals surface area contributed by atoms with Gasteiger partial charge in [0.2, 0.25) is 0 Å². The van der Waals surface area contributed by atoms with Gasteiger partial charge in [0, 0.05) is 26.1 Å². The molecule has 1 heterocycles. The highest BCUT2D eigenvalue weighted by atomic mass is 19.4. The Morgan fingerprint density at radius 2 is 2.26 bits per heavy atom. The van der Waals surface area contributed by atoms with Crippen LogP contribution in [0.15, 0.2) is 36.9 Å². The number of urea groups is 1. The Bertz CT molecular complexity index is 561. The van der Waals surface area contributed by atoms with Crippen LogP contribution in [0.25, 0.3) is 0 Å². The minimum Gasteiger partial charge on any atom is -0.374 e. The van der Waals surface area contributed by atoms with Crippen molar-refractivity contribution < 1.29 is 22.7 Å². The summed E-state index contributed by atoms with van der Waals surface area (Å²) in [7, 11) is 0. The molecule has 1 aliphatic rings. The first-order valence-electron chi connectivity index (χ1n) is 7.31. The molecule has 0 spiro atoms. The van der Waals surface area contributed by atoms with Crippen LogP contribution in [-0.2, 0) is 17.3 Å². The van der Waals surface area contributed by atoms with Crippen molar-refractivity contribution in [3.63, 3.8) is 0 Å². The van der Waals surface area contributed by atoms with Crippen LogP contribution in [0.1, 0.15) is 11.1 Å². The summed E-state index contributed by atoms with van der Waals surface area (Å²) in [5, 5.41) is 2.68. The van der Waals surface area contributed by atoms with Gasteiger partial charge in [0.15, 0.2) is 0 Å². The lowest BCUT2D eigenvalue weighted by Gasteiger charge is -2.33. The van der Waals surface area contributed by atoms with Crippen LogP contribution in [0.5, 0.6) is 0 Å². The quantitative estimate of drug-likeness (QED) is 0.864. The van der Waals surface area contributed by atoms with Gasteiger partial charge in [-0.05, 0) is 11.6 Å². The zero-order valence-electron chi connectivity index (χ0n) is 12.6. The molecule has 1 fully saturated rings. The molecule has 1 atom stereocenters. The number of amides is 2. The number of morpholine rings is 1. The first-order chi connectivity index (χ1) is 10.9. The van der Waals surface area contributed by atoms with E-state index in [0.717, 1.165) is 12.1 Å². The monoisotopic (exact) mass is 328 g/mol. The largest absolute Gasteiger partial charge is 0.416 e. The van der Waals surface area contributed by atoms with Gasteiger partial charge in [0.1, 0.15) is 0 Å². The van der Waals surface area contributed by atoms with E-state index < -0.39 is 11.7 Å². The number of alkyl halides is 3. The zero-order chi connectivity index (χ0) is 16.9. The molecule has 0 bridgehead atoms. The number of ether oxygens (including phenoxy) is 1. The van der Waals surface area contributed by atoms with Gasteiger partial charge in [0.25, 0.3) is 0 Å². The standard InChI is InChI=1S/C16H19F3N2O2/c1-2-6-20-15(22)21-7-8-23-14(11-21)10-12-4-3-5-13(9-12)16(17,18)19/h2-5,9,14H,1,6-8,10-11H2,(H,20,22)/t14-/m1/s1. The van der Waals surface area contributed by atoms with Crippen molar-refractivity contribution >= 4 is 6.03 Å². The molecular weight excluding hydrogens is 309 g/mol.